The zero-order chi connectivity index (χ0) is 19.1. The molecule has 1 aliphatic rings. The van der Waals surface area contributed by atoms with Gasteiger partial charge in [0.25, 0.3) is 0 Å². The van der Waals surface area contributed by atoms with Crippen LogP contribution in [0.25, 0.3) is 22.2 Å². The molecule has 0 bridgehead atoms. The number of aromatic amines is 2. The lowest BCUT2D eigenvalue weighted by Crippen LogP contribution is -2.17. The molecule has 28 heavy (non-hydrogen) atoms. The van der Waals surface area contributed by atoms with Crippen molar-refractivity contribution < 1.29 is 13.9 Å². The van der Waals surface area contributed by atoms with Gasteiger partial charge in [-0.25, -0.2) is 4.39 Å². The Hall–Kier alpha value is -3.32. The predicted octanol–water partition coefficient (Wildman–Crippen LogP) is 4.06. The number of nitrogens with zero attached hydrogens (tertiary/aromatic N) is 2. The lowest BCUT2D eigenvalue weighted by atomic mass is 10.1. The van der Waals surface area contributed by atoms with Gasteiger partial charge in [-0.3, -0.25) is 10.00 Å². The van der Waals surface area contributed by atoms with Crippen LogP contribution >= 0.6 is 0 Å². The van der Waals surface area contributed by atoms with Crippen LogP contribution in [-0.2, 0) is 13.1 Å². The van der Waals surface area contributed by atoms with Gasteiger partial charge in [0.1, 0.15) is 5.82 Å². The molecule has 0 spiro atoms. The van der Waals surface area contributed by atoms with Gasteiger partial charge < -0.3 is 14.5 Å². The molecule has 0 aliphatic carbocycles. The van der Waals surface area contributed by atoms with Crippen LogP contribution in [0.15, 0.2) is 48.7 Å². The Balaban J connectivity index is 1.34. The monoisotopic (exact) mass is 378 g/mol. The van der Waals surface area contributed by atoms with Crippen LogP contribution in [0.1, 0.15) is 11.3 Å². The number of ether oxygens (including phenoxy) is 2. The van der Waals surface area contributed by atoms with Crippen LogP contribution in [0.5, 0.6) is 11.5 Å². The Kier molecular flexibility index (Phi) is 4.02. The molecule has 7 heteroatoms. The van der Waals surface area contributed by atoms with E-state index in [1.807, 2.05) is 37.5 Å². The Bertz CT molecular complexity index is 1150. The first-order valence-electron chi connectivity index (χ1n) is 9.04. The molecule has 5 rings (SSSR count). The number of H-pyrrole nitrogens is 2. The lowest BCUT2D eigenvalue weighted by molar-refractivity contribution is 0.174. The largest absolute Gasteiger partial charge is 0.454 e. The van der Waals surface area contributed by atoms with E-state index in [1.165, 1.54) is 6.07 Å². The summed E-state index contributed by atoms with van der Waals surface area (Å²) in [5, 5.41) is 8.19. The average molecular weight is 378 g/mol. The van der Waals surface area contributed by atoms with Crippen molar-refractivity contribution in [3.63, 3.8) is 0 Å². The van der Waals surface area contributed by atoms with E-state index in [-0.39, 0.29) is 12.6 Å². The van der Waals surface area contributed by atoms with Crippen LogP contribution in [0.3, 0.4) is 0 Å². The molecule has 1 aliphatic heterocycles. The summed E-state index contributed by atoms with van der Waals surface area (Å²) in [5.74, 6) is 1.28. The van der Waals surface area contributed by atoms with Crippen molar-refractivity contribution in [1.29, 1.82) is 0 Å². The molecule has 4 aromatic rings. The molecule has 0 amide bonds. The van der Waals surface area contributed by atoms with Crippen LogP contribution < -0.4 is 9.47 Å². The second-order valence-corrected chi connectivity index (χ2v) is 7.04. The first kappa shape index (κ1) is 16.8. The number of aromatic nitrogens is 3. The van der Waals surface area contributed by atoms with Gasteiger partial charge in [-0.05, 0) is 49.5 Å². The topological polar surface area (TPSA) is 66.2 Å². The van der Waals surface area contributed by atoms with Crippen molar-refractivity contribution in [1.82, 2.24) is 20.1 Å². The molecule has 6 nitrogen and oxygen atoms in total. The molecular weight excluding hydrogens is 359 g/mol. The molecule has 0 saturated heterocycles. The first-order chi connectivity index (χ1) is 13.7. The smallest absolute Gasteiger partial charge is 0.231 e. The molecule has 0 atom stereocenters. The van der Waals surface area contributed by atoms with Gasteiger partial charge in [0.15, 0.2) is 11.5 Å². The van der Waals surface area contributed by atoms with Crippen molar-refractivity contribution >= 4 is 10.9 Å². The molecule has 0 fully saturated rings. The first-order valence-corrected chi connectivity index (χ1v) is 9.04. The van der Waals surface area contributed by atoms with Gasteiger partial charge in [0, 0.05) is 40.8 Å². The van der Waals surface area contributed by atoms with Gasteiger partial charge in [0.05, 0.1) is 11.9 Å². The number of fused-ring (bicyclic) bond motifs is 2. The Labute approximate surface area is 160 Å². The second kappa shape index (κ2) is 6.69. The van der Waals surface area contributed by atoms with Crippen LogP contribution in [-0.4, -0.2) is 33.9 Å². The normalized spacial score (nSPS) is 13.0. The fourth-order valence-corrected chi connectivity index (χ4v) is 3.62. The van der Waals surface area contributed by atoms with E-state index in [0.29, 0.717) is 13.1 Å². The van der Waals surface area contributed by atoms with Gasteiger partial charge >= 0.3 is 0 Å². The molecule has 3 heterocycles. The maximum atomic E-state index is 13.4. The van der Waals surface area contributed by atoms with E-state index < -0.39 is 0 Å². The molecule has 2 N–H and O–H groups in total. The van der Waals surface area contributed by atoms with Crippen molar-refractivity contribution in [2.75, 3.05) is 13.8 Å². The van der Waals surface area contributed by atoms with Gasteiger partial charge in [-0.15, -0.1) is 0 Å². The number of halogens is 1. The minimum absolute atomic E-state index is 0.224. The summed E-state index contributed by atoms with van der Waals surface area (Å²) in [4.78, 5) is 5.53. The molecule has 142 valence electrons. The maximum Gasteiger partial charge on any atom is 0.231 e. The Morgan fingerprint density at radius 2 is 1.96 bits per heavy atom. The van der Waals surface area contributed by atoms with Gasteiger partial charge in [-0.2, -0.15) is 5.10 Å². The van der Waals surface area contributed by atoms with E-state index in [2.05, 4.69) is 20.1 Å². The average Bonchev–Trinajstić information content (AvgIpc) is 3.39. The molecule has 2 aromatic carbocycles. The fraction of sp³-hybridized carbons (Fsp3) is 0.190. The molecule has 2 aromatic heterocycles. The molecule has 0 radical (unpaired) electrons. The Morgan fingerprint density at radius 1 is 1.07 bits per heavy atom. The van der Waals surface area contributed by atoms with E-state index >= 15 is 0 Å². The quantitative estimate of drug-likeness (QED) is 0.550. The highest BCUT2D eigenvalue weighted by Gasteiger charge is 2.17. The number of hydrogen-bond donors (Lipinski definition) is 2. The highest BCUT2D eigenvalue weighted by molar-refractivity contribution is 5.80. The van der Waals surface area contributed by atoms with Gasteiger partial charge in [-0.1, -0.05) is 0 Å². The van der Waals surface area contributed by atoms with Crippen molar-refractivity contribution in [3.05, 3.63) is 65.7 Å². The van der Waals surface area contributed by atoms with E-state index in [1.54, 1.807) is 12.1 Å². The summed E-state index contributed by atoms with van der Waals surface area (Å²) in [6, 6.07) is 12.6. The van der Waals surface area contributed by atoms with E-state index in [9.17, 15) is 4.39 Å². The third kappa shape index (κ3) is 3.10. The number of benzene rings is 2. The maximum absolute atomic E-state index is 13.4. The van der Waals surface area contributed by atoms with Crippen LogP contribution in [0.4, 0.5) is 4.39 Å². The summed E-state index contributed by atoms with van der Waals surface area (Å²) < 4.78 is 24.3. The second-order valence-electron chi connectivity index (χ2n) is 7.04. The minimum atomic E-state index is -0.224. The van der Waals surface area contributed by atoms with Crippen LogP contribution in [0.2, 0.25) is 0 Å². The zero-order valence-corrected chi connectivity index (χ0v) is 15.3. The summed E-state index contributed by atoms with van der Waals surface area (Å²) in [7, 11) is 2.04. The molecule has 0 saturated carbocycles. The molecular formula is C21H19FN4O2. The number of nitrogens with one attached hydrogen (secondary N) is 2. The van der Waals surface area contributed by atoms with Crippen LogP contribution in [0, 0.1) is 5.82 Å². The highest BCUT2D eigenvalue weighted by atomic mass is 19.1. The van der Waals surface area contributed by atoms with E-state index in [4.69, 9.17) is 9.47 Å². The minimum Gasteiger partial charge on any atom is -0.454 e. The van der Waals surface area contributed by atoms with Gasteiger partial charge in [0.2, 0.25) is 6.79 Å². The predicted molar refractivity (Wildman–Crippen MR) is 104 cm³/mol. The molecule has 0 unspecified atom stereocenters. The fourth-order valence-electron chi connectivity index (χ4n) is 3.62. The summed E-state index contributed by atoms with van der Waals surface area (Å²) in [6.07, 6.45) is 1.84. The van der Waals surface area contributed by atoms with Crippen molar-refractivity contribution in [2.24, 2.45) is 0 Å². The third-order valence-electron chi connectivity index (χ3n) is 4.90. The zero-order valence-electron chi connectivity index (χ0n) is 15.3. The number of rotatable bonds is 5. The van der Waals surface area contributed by atoms with Crippen molar-refractivity contribution in [2.45, 2.75) is 13.1 Å². The highest BCUT2D eigenvalue weighted by Crippen LogP contribution is 2.36. The van der Waals surface area contributed by atoms with Crippen molar-refractivity contribution in [3.8, 4) is 22.8 Å². The Morgan fingerprint density at radius 3 is 2.89 bits per heavy atom. The summed E-state index contributed by atoms with van der Waals surface area (Å²) in [6.45, 7) is 1.68. The standard InChI is InChI=1S/C21H19FN4O2/c1-26(11-17-7-14-6-16(22)3-4-18(14)24-17)10-15-9-23-25-21(15)13-2-5-19-20(8-13)28-12-27-19/h2-9,24H,10-12H2,1H3,(H,23,25). The summed E-state index contributed by atoms with van der Waals surface area (Å²) in [5.41, 5.74) is 5.03. The SMILES string of the molecule is CN(Cc1cc2cc(F)ccc2[nH]1)Cc1cn[nH]c1-c1ccc2c(c1)OCO2. The number of hydrogen-bond acceptors (Lipinski definition) is 4. The lowest BCUT2D eigenvalue weighted by Gasteiger charge is -2.16. The summed E-state index contributed by atoms with van der Waals surface area (Å²) >= 11 is 0. The third-order valence-corrected chi connectivity index (χ3v) is 4.90. The van der Waals surface area contributed by atoms with E-state index in [0.717, 1.165) is 44.9 Å².